The highest BCUT2D eigenvalue weighted by atomic mass is 35.5. The second-order valence-corrected chi connectivity index (χ2v) is 4.12. The van der Waals surface area contributed by atoms with Gasteiger partial charge >= 0.3 is 0 Å². The minimum atomic E-state index is -0.0605. The summed E-state index contributed by atoms with van der Waals surface area (Å²) < 4.78 is 0.870. The van der Waals surface area contributed by atoms with Crippen molar-refractivity contribution in [1.82, 2.24) is 0 Å². The standard InChI is InChI=1S/C10H6ClNOS/c11-8-2-1-6(3-12)9-7(4-13)5-14-10(8)9/h1-2,5,13H,4H2. The van der Waals surface area contributed by atoms with E-state index >= 15 is 0 Å². The van der Waals surface area contributed by atoms with E-state index in [1.165, 1.54) is 11.3 Å². The zero-order valence-corrected chi connectivity index (χ0v) is 8.69. The van der Waals surface area contributed by atoms with Crippen molar-refractivity contribution in [1.29, 1.82) is 5.26 Å². The van der Waals surface area contributed by atoms with Gasteiger partial charge in [0.2, 0.25) is 0 Å². The molecule has 0 radical (unpaired) electrons. The number of nitrogens with zero attached hydrogens (tertiary/aromatic N) is 1. The fourth-order valence-electron chi connectivity index (χ4n) is 1.39. The quantitative estimate of drug-likeness (QED) is 0.808. The van der Waals surface area contributed by atoms with Crippen LogP contribution in [0.5, 0.6) is 0 Å². The molecule has 2 rings (SSSR count). The molecule has 0 spiro atoms. The molecule has 70 valence electrons. The average molecular weight is 224 g/mol. The molecule has 1 heterocycles. The molecule has 0 saturated carbocycles. The van der Waals surface area contributed by atoms with Crippen LogP contribution in [-0.2, 0) is 6.61 Å². The van der Waals surface area contributed by atoms with E-state index in [-0.39, 0.29) is 6.61 Å². The van der Waals surface area contributed by atoms with Crippen molar-refractivity contribution >= 4 is 33.0 Å². The summed E-state index contributed by atoms with van der Waals surface area (Å²) in [4.78, 5) is 0. The Balaban J connectivity index is 2.90. The van der Waals surface area contributed by atoms with Crippen LogP contribution in [0.15, 0.2) is 17.5 Å². The molecule has 14 heavy (non-hydrogen) atoms. The van der Waals surface area contributed by atoms with E-state index < -0.39 is 0 Å². The number of benzene rings is 1. The topological polar surface area (TPSA) is 44.0 Å². The van der Waals surface area contributed by atoms with Gasteiger partial charge in [-0.1, -0.05) is 11.6 Å². The molecule has 2 aromatic rings. The van der Waals surface area contributed by atoms with Gasteiger partial charge < -0.3 is 5.11 Å². The van der Waals surface area contributed by atoms with E-state index in [0.717, 1.165) is 15.6 Å². The van der Waals surface area contributed by atoms with Crippen molar-refractivity contribution in [2.24, 2.45) is 0 Å². The average Bonchev–Trinajstić information content (AvgIpc) is 2.63. The summed E-state index contributed by atoms with van der Waals surface area (Å²) in [5.74, 6) is 0. The lowest BCUT2D eigenvalue weighted by atomic mass is 10.1. The van der Waals surface area contributed by atoms with Gasteiger partial charge in [0.25, 0.3) is 0 Å². The van der Waals surface area contributed by atoms with E-state index in [1.807, 2.05) is 5.38 Å². The van der Waals surface area contributed by atoms with Gasteiger partial charge in [0.1, 0.15) is 0 Å². The Morgan fingerprint density at radius 2 is 2.29 bits per heavy atom. The first-order valence-electron chi connectivity index (χ1n) is 3.97. The number of hydrogen-bond donors (Lipinski definition) is 1. The van der Waals surface area contributed by atoms with E-state index in [2.05, 4.69) is 6.07 Å². The number of rotatable bonds is 1. The van der Waals surface area contributed by atoms with Gasteiger partial charge in [-0.3, -0.25) is 0 Å². The van der Waals surface area contributed by atoms with Crippen LogP contribution in [0.4, 0.5) is 0 Å². The third-order valence-corrected chi connectivity index (χ3v) is 3.53. The molecule has 2 nitrogen and oxygen atoms in total. The zero-order chi connectivity index (χ0) is 10.1. The highest BCUT2D eigenvalue weighted by Gasteiger charge is 2.10. The first-order valence-corrected chi connectivity index (χ1v) is 5.23. The first kappa shape index (κ1) is 9.47. The normalized spacial score (nSPS) is 10.4. The van der Waals surface area contributed by atoms with Crippen LogP contribution in [0, 0.1) is 11.3 Å². The first-order chi connectivity index (χ1) is 6.77. The molecular formula is C10H6ClNOS. The number of aliphatic hydroxyl groups excluding tert-OH is 1. The van der Waals surface area contributed by atoms with Crippen molar-refractivity contribution in [3.63, 3.8) is 0 Å². The van der Waals surface area contributed by atoms with Gasteiger partial charge in [-0.25, -0.2) is 0 Å². The second kappa shape index (κ2) is 3.58. The Bertz CT molecular complexity index is 527. The summed E-state index contributed by atoms with van der Waals surface area (Å²) in [5, 5.41) is 21.2. The molecule has 0 aliphatic heterocycles. The molecule has 0 saturated heterocycles. The van der Waals surface area contributed by atoms with Crippen molar-refractivity contribution in [2.75, 3.05) is 0 Å². The highest BCUT2D eigenvalue weighted by Crippen LogP contribution is 2.34. The molecule has 0 aliphatic carbocycles. The molecule has 0 unspecified atom stereocenters. The largest absolute Gasteiger partial charge is 0.392 e. The molecule has 1 aromatic heterocycles. The monoisotopic (exact) mass is 223 g/mol. The Hall–Kier alpha value is -1.08. The minimum absolute atomic E-state index is 0.0605. The van der Waals surface area contributed by atoms with Crippen molar-refractivity contribution in [3.05, 3.63) is 33.7 Å². The smallest absolute Gasteiger partial charge is 0.0998 e. The van der Waals surface area contributed by atoms with Gasteiger partial charge in [-0.05, 0) is 23.1 Å². The highest BCUT2D eigenvalue weighted by molar-refractivity contribution is 7.18. The third-order valence-electron chi connectivity index (χ3n) is 2.04. The number of halogens is 1. The molecule has 1 aromatic carbocycles. The lowest BCUT2D eigenvalue weighted by molar-refractivity contribution is 0.284. The van der Waals surface area contributed by atoms with Crippen LogP contribution in [0.2, 0.25) is 5.02 Å². The maximum atomic E-state index is 9.09. The van der Waals surface area contributed by atoms with E-state index in [4.69, 9.17) is 22.0 Å². The van der Waals surface area contributed by atoms with Crippen LogP contribution < -0.4 is 0 Å². The summed E-state index contributed by atoms with van der Waals surface area (Å²) in [6.07, 6.45) is 0. The fourth-order valence-corrected chi connectivity index (χ4v) is 2.67. The Morgan fingerprint density at radius 3 is 2.93 bits per heavy atom. The molecule has 0 bridgehead atoms. The zero-order valence-electron chi connectivity index (χ0n) is 7.12. The van der Waals surface area contributed by atoms with Crippen molar-refractivity contribution in [2.45, 2.75) is 6.61 Å². The number of hydrogen-bond acceptors (Lipinski definition) is 3. The predicted molar refractivity (Wildman–Crippen MR) is 57.5 cm³/mol. The van der Waals surface area contributed by atoms with Crippen LogP contribution >= 0.6 is 22.9 Å². The Labute approximate surface area is 90.0 Å². The van der Waals surface area contributed by atoms with E-state index in [1.54, 1.807) is 12.1 Å². The molecule has 0 fully saturated rings. The summed E-state index contributed by atoms with van der Waals surface area (Å²) in [5.41, 5.74) is 1.33. The van der Waals surface area contributed by atoms with Gasteiger partial charge in [-0.15, -0.1) is 11.3 Å². The van der Waals surface area contributed by atoms with Crippen LogP contribution in [0.1, 0.15) is 11.1 Å². The predicted octanol–water partition coefficient (Wildman–Crippen LogP) is 2.92. The van der Waals surface area contributed by atoms with E-state index in [0.29, 0.717) is 10.6 Å². The van der Waals surface area contributed by atoms with Crippen molar-refractivity contribution in [3.8, 4) is 6.07 Å². The molecule has 0 atom stereocenters. The lowest BCUT2D eigenvalue weighted by Crippen LogP contribution is -1.83. The fraction of sp³-hybridized carbons (Fsp3) is 0.100. The summed E-state index contributed by atoms with van der Waals surface area (Å²) in [6.45, 7) is -0.0605. The summed E-state index contributed by atoms with van der Waals surface area (Å²) >= 11 is 7.43. The molecule has 4 heteroatoms. The Kier molecular flexibility index (Phi) is 2.42. The number of fused-ring (bicyclic) bond motifs is 1. The third kappa shape index (κ3) is 1.28. The molecule has 0 aliphatic rings. The van der Waals surface area contributed by atoms with Crippen molar-refractivity contribution < 1.29 is 5.11 Å². The van der Waals surface area contributed by atoms with Gasteiger partial charge in [0.15, 0.2) is 0 Å². The molecule has 1 N–H and O–H groups in total. The van der Waals surface area contributed by atoms with Gasteiger partial charge in [-0.2, -0.15) is 5.26 Å². The summed E-state index contributed by atoms with van der Waals surface area (Å²) in [6, 6.07) is 5.48. The lowest BCUT2D eigenvalue weighted by Gasteiger charge is -1.98. The van der Waals surface area contributed by atoms with Crippen LogP contribution in [-0.4, -0.2) is 5.11 Å². The number of nitriles is 1. The van der Waals surface area contributed by atoms with E-state index in [9.17, 15) is 0 Å². The number of aliphatic hydroxyl groups is 1. The molecular weight excluding hydrogens is 218 g/mol. The maximum Gasteiger partial charge on any atom is 0.0998 e. The maximum absolute atomic E-state index is 9.09. The molecule has 0 amide bonds. The van der Waals surface area contributed by atoms with Gasteiger partial charge in [0.05, 0.1) is 28.0 Å². The van der Waals surface area contributed by atoms with Gasteiger partial charge in [0, 0.05) is 5.39 Å². The minimum Gasteiger partial charge on any atom is -0.392 e. The number of thiophene rings is 1. The second-order valence-electron chi connectivity index (χ2n) is 2.83. The summed E-state index contributed by atoms with van der Waals surface area (Å²) in [7, 11) is 0. The van der Waals surface area contributed by atoms with Crippen LogP contribution in [0.3, 0.4) is 0 Å². The van der Waals surface area contributed by atoms with Crippen LogP contribution in [0.25, 0.3) is 10.1 Å². The SMILES string of the molecule is N#Cc1ccc(Cl)c2scc(CO)c12. The Morgan fingerprint density at radius 1 is 1.50 bits per heavy atom.